The Bertz CT molecular complexity index is 348. The lowest BCUT2D eigenvalue weighted by molar-refractivity contribution is 0.0720. The van der Waals surface area contributed by atoms with E-state index in [0.29, 0.717) is 6.61 Å². The van der Waals surface area contributed by atoms with Crippen LogP contribution in [-0.2, 0) is 9.47 Å². The second-order valence-corrected chi connectivity index (χ2v) is 3.49. The van der Waals surface area contributed by atoms with Gasteiger partial charge >= 0.3 is 0 Å². The zero-order chi connectivity index (χ0) is 10.5. The molecule has 0 radical (unpaired) electrons. The van der Waals surface area contributed by atoms with Crippen molar-refractivity contribution in [3.63, 3.8) is 0 Å². The third-order valence-electron chi connectivity index (χ3n) is 2.26. The van der Waals surface area contributed by atoms with Crippen molar-refractivity contribution in [2.24, 2.45) is 0 Å². The molecule has 78 valence electrons. The van der Waals surface area contributed by atoms with Gasteiger partial charge in [-0.25, -0.2) is 0 Å². The predicted octanol–water partition coefficient (Wildman–Crippen LogP) is 2.48. The van der Waals surface area contributed by atoms with Crippen molar-refractivity contribution in [1.29, 1.82) is 0 Å². The Morgan fingerprint density at radius 1 is 1.53 bits per heavy atom. The summed E-state index contributed by atoms with van der Waals surface area (Å²) in [5, 5.41) is 0. The lowest BCUT2D eigenvalue weighted by atomic mass is 10.1. The fraction of sp³-hybridized carbons (Fsp3) is 0.308. The molecule has 2 rings (SSSR count). The van der Waals surface area contributed by atoms with Crippen LogP contribution in [0.2, 0.25) is 0 Å². The molecule has 1 aromatic rings. The Morgan fingerprint density at radius 2 is 2.27 bits per heavy atom. The van der Waals surface area contributed by atoms with Crippen LogP contribution in [0.25, 0.3) is 0 Å². The van der Waals surface area contributed by atoms with Crippen LogP contribution in [0.5, 0.6) is 0 Å². The molecule has 2 heteroatoms. The minimum atomic E-state index is -0.0621. The molecule has 0 saturated carbocycles. The molecule has 0 amide bonds. The van der Waals surface area contributed by atoms with Crippen molar-refractivity contribution in [2.45, 2.75) is 12.2 Å². The van der Waals surface area contributed by atoms with Crippen molar-refractivity contribution in [2.75, 3.05) is 13.2 Å². The predicted molar refractivity (Wildman–Crippen MR) is 58.6 cm³/mol. The molecule has 1 aliphatic rings. The van der Waals surface area contributed by atoms with Crippen LogP contribution in [0, 0.1) is 0 Å². The van der Waals surface area contributed by atoms with Crippen LogP contribution in [0.3, 0.4) is 0 Å². The monoisotopic (exact) mass is 202 g/mol. The number of rotatable bonds is 5. The first-order valence-corrected chi connectivity index (χ1v) is 5.04. The van der Waals surface area contributed by atoms with Crippen molar-refractivity contribution < 1.29 is 9.47 Å². The van der Waals surface area contributed by atoms with Gasteiger partial charge in [0.25, 0.3) is 0 Å². The Balaban J connectivity index is 2.01. The number of ether oxygens (including phenoxy) is 2. The fourth-order valence-corrected chi connectivity index (χ4v) is 1.37. The van der Waals surface area contributed by atoms with Gasteiger partial charge in [0.15, 0.2) is 0 Å². The molecule has 1 saturated heterocycles. The SMILES string of the molecule is C=C=CC(OCC1CO1)c1ccccc1. The summed E-state index contributed by atoms with van der Waals surface area (Å²) in [6.45, 7) is 5.03. The van der Waals surface area contributed by atoms with E-state index in [-0.39, 0.29) is 12.2 Å². The molecular weight excluding hydrogens is 188 g/mol. The average Bonchev–Trinajstić information content (AvgIpc) is 3.09. The maximum atomic E-state index is 5.71. The van der Waals surface area contributed by atoms with E-state index in [1.165, 1.54) is 0 Å². The first-order chi connectivity index (χ1) is 7.40. The molecule has 0 N–H and O–H groups in total. The molecule has 1 aliphatic heterocycles. The third-order valence-corrected chi connectivity index (χ3v) is 2.26. The van der Waals surface area contributed by atoms with Crippen LogP contribution in [0.4, 0.5) is 0 Å². The summed E-state index contributed by atoms with van der Waals surface area (Å²) in [6.07, 6.45) is 2.06. The molecule has 0 aromatic heterocycles. The molecule has 0 aliphatic carbocycles. The van der Waals surface area contributed by atoms with Crippen LogP contribution in [0.15, 0.2) is 48.7 Å². The first kappa shape index (κ1) is 10.2. The smallest absolute Gasteiger partial charge is 0.108 e. The van der Waals surface area contributed by atoms with Crippen molar-refractivity contribution in [3.8, 4) is 0 Å². The van der Waals surface area contributed by atoms with Gasteiger partial charge in [-0.05, 0) is 11.6 Å². The highest BCUT2D eigenvalue weighted by molar-refractivity contribution is 5.21. The minimum absolute atomic E-state index is 0.0621. The lowest BCUT2D eigenvalue weighted by Crippen LogP contribution is -2.06. The highest BCUT2D eigenvalue weighted by Gasteiger charge is 2.24. The Labute approximate surface area is 89.8 Å². The molecule has 0 spiro atoms. The number of hydrogen-bond acceptors (Lipinski definition) is 2. The van der Waals surface area contributed by atoms with Gasteiger partial charge in [-0.3, -0.25) is 0 Å². The van der Waals surface area contributed by atoms with Gasteiger partial charge in [0, 0.05) is 0 Å². The Morgan fingerprint density at radius 3 is 2.87 bits per heavy atom. The van der Waals surface area contributed by atoms with E-state index in [1.54, 1.807) is 0 Å². The second-order valence-electron chi connectivity index (χ2n) is 3.49. The van der Waals surface area contributed by atoms with Gasteiger partial charge in [-0.1, -0.05) is 36.9 Å². The van der Waals surface area contributed by atoms with Crippen LogP contribution in [0.1, 0.15) is 11.7 Å². The summed E-state index contributed by atoms with van der Waals surface area (Å²) in [5.74, 6) is 0. The minimum Gasteiger partial charge on any atom is -0.371 e. The van der Waals surface area contributed by atoms with Crippen LogP contribution in [-0.4, -0.2) is 19.3 Å². The summed E-state index contributed by atoms with van der Waals surface area (Å²) in [7, 11) is 0. The molecule has 1 fully saturated rings. The third kappa shape index (κ3) is 3.07. The van der Waals surface area contributed by atoms with E-state index in [9.17, 15) is 0 Å². The lowest BCUT2D eigenvalue weighted by Gasteiger charge is -2.12. The van der Waals surface area contributed by atoms with Crippen LogP contribution >= 0.6 is 0 Å². The standard InChI is InChI=1S/C13H14O2/c1-2-6-13(15-10-12-9-14-12)11-7-4-3-5-8-11/h3-8,12-13H,1,9-10H2. The van der Waals surface area contributed by atoms with Crippen LogP contribution < -0.4 is 0 Å². The zero-order valence-electron chi connectivity index (χ0n) is 8.56. The molecule has 1 aromatic carbocycles. The van der Waals surface area contributed by atoms with E-state index in [1.807, 2.05) is 36.4 Å². The largest absolute Gasteiger partial charge is 0.371 e. The Hall–Kier alpha value is -1.34. The summed E-state index contributed by atoms with van der Waals surface area (Å²) in [4.78, 5) is 0. The van der Waals surface area contributed by atoms with Gasteiger partial charge in [-0.2, -0.15) is 0 Å². The van der Waals surface area contributed by atoms with E-state index < -0.39 is 0 Å². The van der Waals surface area contributed by atoms with Gasteiger partial charge in [-0.15, -0.1) is 5.73 Å². The first-order valence-electron chi connectivity index (χ1n) is 5.04. The summed E-state index contributed by atoms with van der Waals surface area (Å²) in [6, 6.07) is 10.0. The summed E-state index contributed by atoms with van der Waals surface area (Å²) < 4.78 is 10.8. The summed E-state index contributed by atoms with van der Waals surface area (Å²) in [5.41, 5.74) is 3.89. The molecule has 2 unspecified atom stereocenters. The van der Waals surface area contributed by atoms with Gasteiger partial charge in [0.05, 0.1) is 13.2 Å². The van der Waals surface area contributed by atoms with E-state index >= 15 is 0 Å². The maximum absolute atomic E-state index is 5.71. The molecule has 1 heterocycles. The highest BCUT2D eigenvalue weighted by Crippen LogP contribution is 2.20. The van der Waals surface area contributed by atoms with E-state index in [2.05, 4.69) is 12.3 Å². The molecule has 2 atom stereocenters. The summed E-state index contributed by atoms with van der Waals surface area (Å²) >= 11 is 0. The molecule has 0 bridgehead atoms. The van der Waals surface area contributed by atoms with Crippen molar-refractivity contribution in [3.05, 3.63) is 54.3 Å². The van der Waals surface area contributed by atoms with Crippen molar-refractivity contribution in [1.82, 2.24) is 0 Å². The normalized spacial score (nSPS) is 20.4. The number of epoxide rings is 1. The van der Waals surface area contributed by atoms with E-state index in [0.717, 1.165) is 12.2 Å². The number of hydrogen-bond donors (Lipinski definition) is 0. The Kier molecular flexibility index (Phi) is 3.36. The van der Waals surface area contributed by atoms with E-state index in [4.69, 9.17) is 9.47 Å². The van der Waals surface area contributed by atoms with Gasteiger partial charge in [0.2, 0.25) is 0 Å². The molecule has 2 nitrogen and oxygen atoms in total. The average molecular weight is 202 g/mol. The maximum Gasteiger partial charge on any atom is 0.108 e. The quantitative estimate of drug-likeness (QED) is 0.540. The fourth-order valence-electron chi connectivity index (χ4n) is 1.37. The van der Waals surface area contributed by atoms with Gasteiger partial charge in [0.1, 0.15) is 12.2 Å². The molecule has 15 heavy (non-hydrogen) atoms. The number of benzene rings is 1. The van der Waals surface area contributed by atoms with Gasteiger partial charge < -0.3 is 9.47 Å². The topological polar surface area (TPSA) is 21.8 Å². The second kappa shape index (κ2) is 4.94. The highest BCUT2D eigenvalue weighted by atomic mass is 16.6. The zero-order valence-corrected chi connectivity index (χ0v) is 8.56. The molecular formula is C13H14O2. The van der Waals surface area contributed by atoms with Crippen molar-refractivity contribution >= 4 is 0 Å².